The molecule has 5 heteroatoms. The smallest absolute Gasteiger partial charge is 0.387 e. The van der Waals surface area contributed by atoms with Crippen molar-refractivity contribution in [2.45, 2.75) is 32.1 Å². The summed E-state index contributed by atoms with van der Waals surface area (Å²) in [4.78, 5) is 0. The fourth-order valence-corrected chi connectivity index (χ4v) is 3.47. The molecule has 0 aliphatic carbocycles. The van der Waals surface area contributed by atoms with E-state index in [1.54, 1.807) is 12.1 Å². The topological polar surface area (TPSA) is 26.3 Å². The van der Waals surface area contributed by atoms with Gasteiger partial charge >= 0.3 is 6.61 Å². The van der Waals surface area contributed by atoms with Gasteiger partial charge in [0.25, 0.3) is 0 Å². The Hall–Kier alpha value is -1.75. The minimum Gasteiger partial charge on any atom is -0.435 e. The molecule has 0 saturated carbocycles. The van der Waals surface area contributed by atoms with Crippen molar-refractivity contribution in [1.82, 2.24) is 0 Å². The zero-order chi connectivity index (χ0) is 16.8. The molecule has 0 heterocycles. The Morgan fingerprint density at radius 3 is 2.22 bits per heavy atom. The van der Waals surface area contributed by atoms with Crippen LogP contribution in [0, 0.1) is 6.92 Å². The van der Waals surface area contributed by atoms with Gasteiger partial charge in [0, 0.05) is 16.6 Å². The molecular weight excluding hydrogens is 318 g/mol. The summed E-state index contributed by atoms with van der Waals surface area (Å²) in [7, 11) is -1.03. The molecular formula is C18H20F2O2S. The number of benzene rings is 2. The summed E-state index contributed by atoms with van der Waals surface area (Å²) in [5.41, 5.74) is 3.22. The summed E-state index contributed by atoms with van der Waals surface area (Å²) in [6.45, 7) is 1.08. The van der Waals surface area contributed by atoms with Crippen molar-refractivity contribution in [3.05, 3.63) is 65.2 Å². The van der Waals surface area contributed by atoms with Gasteiger partial charge in [0.1, 0.15) is 5.75 Å². The van der Waals surface area contributed by atoms with E-state index in [9.17, 15) is 13.0 Å². The fourth-order valence-electron chi connectivity index (χ4n) is 2.22. The second-order valence-corrected chi connectivity index (χ2v) is 7.29. The first-order valence-electron chi connectivity index (χ1n) is 7.43. The third-order valence-corrected chi connectivity index (χ3v) is 5.35. The van der Waals surface area contributed by atoms with Crippen LogP contribution in [0.15, 0.2) is 48.5 Å². The van der Waals surface area contributed by atoms with Crippen LogP contribution in [0.25, 0.3) is 0 Å². The highest BCUT2D eigenvalue weighted by Crippen LogP contribution is 2.23. The molecule has 2 nitrogen and oxygen atoms in total. The van der Waals surface area contributed by atoms with E-state index in [-0.39, 0.29) is 11.0 Å². The van der Waals surface area contributed by atoms with Crippen molar-refractivity contribution < 1.29 is 17.7 Å². The molecule has 124 valence electrons. The van der Waals surface area contributed by atoms with Crippen LogP contribution >= 0.6 is 0 Å². The van der Waals surface area contributed by atoms with Gasteiger partial charge in [-0.25, -0.2) is 0 Å². The molecule has 23 heavy (non-hydrogen) atoms. The molecule has 2 aromatic rings. The molecule has 2 aromatic carbocycles. The second kappa shape index (κ2) is 8.20. The van der Waals surface area contributed by atoms with E-state index in [1.165, 1.54) is 17.7 Å². The summed E-state index contributed by atoms with van der Waals surface area (Å²) in [5.74, 6) is 0.681. The van der Waals surface area contributed by atoms with Crippen molar-refractivity contribution in [3.8, 4) is 5.75 Å². The third kappa shape index (κ3) is 5.43. The summed E-state index contributed by atoms with van der Waals surface area (Å²) in [6.07, 6.45) is 0.754. The Labute approximate surface area is 137 Å². The molecule has 0 aliphatic heterocycles. The number of hydrogen-bond acceptors (Lipinski definition) is 2. The van der Waals surface area contributed by atoms with Gasteiger partial charge in [0.05, 0.1) is 5.25 Å². The van der Waals surface area contributed by atoms with E-state index < -0.39 is 17.4 Å². The van der Waals surface area contributed by atoms with Gasteiger partial charge in [0.15, 0.2) is 0 Å². The molecule has 0 unspecified atom stereocenters. The molecule has 0 fully saturated rings. The lowest BCUT2D eigenvalue weighted by Gasteiger charge is -2.13. The molecule has 0 bridgehead atoms. The minimum absolute atomic E-state index is 0.112. The molecule has 0 saturated heterocycles. The lowest BCUT2D eigenvalue weighted by atomic mass is 10.1. The lowest BCUT2D eigenvalue weighted by molar-refractivity contribution is -0.0498. The molecule has 2 atom stereocenters. The van der Waals surface area contributed by atoms with Crippen molar-refractivity contribution >= 4 is 10.8 Å². The van der Waals surface area contributed by atoms with Gasteiger partial charge in [0.2, 0.25) is 0 Å². The van der Waals surface area contributed by atoms with Gasteiger partial charge in [-0.05, 0) is 43.5 Å². The molecule has 0 amide bonds. The van der Waals surface area contributed by atoms with E-state index in [0.29, 0.717) is 5.75 Å². The minimum atomic E-state index is -2.83. The Morgan fingerprint density at radius 2 is 1.65 bits per heavy atom. The van der Waals surface area contributed by atoms with Crippen LogP contribution in [-0.2, 0) is 17.2 Å². The number of ether oxygens (including phenoxy) is 1. The van der Waals surface area contributed by atoms with Crippen molar-refractivity contribution in [3.63, 3.8) is 0 Å². The average Bonchev–Trinajstić information content (AvgIpc) is 2.53. The molecule has 0 aliphatic rings. The highest BCUT2D eigenvalue weighted by Gasteiger charge is 2.14. The first kappa shape index (κ1) is 17.6. The van der Waals surface area contributed by atoms with Gasteiger partial charge in [-0.1, -0.05) is 42.0 Å². The number of hydrogen-bond donors (Lipinski definition) is 0. The summed E-state index contributed by atoms with van der Waals surface area (Å²) < 4.78 is 41.0. The van der Waals surface area contributed by atoms with Crippen molar-refractivity contribution in [2.75, 3.05) is 5.75 Å². The van der Waals surface area contributed by atoms with E-state index >= 15 is 0 Å². The van der Waals surface area contributed by atoms with Crippen molar-refractivity contribution in [1.29, 1.82) is 0 Å². The van der Waals surface area contributed by atoms with E-state index in [2.05, 4.69) is 4.74 Å². The summed E-state index contributed by atoms with van der Waals surface area (Å²) in [5, 5.41) is -0.152. The first-order valence-corrected chi connectivity index (χ1v) is 8.81. The van der Waals surface area contributed by atoms with E-state index in [0.717, 1.165) is 17.5 Å². The summed E-state index contributed by atoms with van der Waals surface area (Å²) >= 11 is 0. The first-order chi connectivity index (χ1) is 11.0. The van der Waals surface area contributed by atoms with E-state index in [1.807, 2.05) is 38.1 Å². The second-order valence-electron chi connectivity index (χ2n) is 5.41. The monoisotopic (exact) mass is 338 g/mol. The number of alkyl halides is 2. The summed E-state index contributed by atoms with van der Waals surface area (Å²) in [6, 6.07) is 14.5. The van der Waals surface area contributed by atoms with Crippen LogP contribution in [0.1, 0.15) is 28.9 Å². The third-order valence-electron chi connectivity index (χ3n) is 3.68. The van der Waals surface area contributed by atoms with E-state index in [4.69, 9.17) is 0 Å². The average molecular weight is 338 g/mol. The highest BCUT2D eigenvalue weighted by atomic mass is 32.2. The lowest BCUT2D eigenvalue weighted by Crippen LogP contribution is -2.09. The normalized spacial score (nSPS) is 13.8. The molecule has 0 radical (unpaired) electrons. The molecule has 0 aromatic heterocycles. The molecule has 0 N–H and O–H groups in total. The maximum Gasteiger partial charge on any atom is 0.387 e. The van der Waals surface area contributed by atoms with Crippen LogP contribution in [0.2, 0.25) is 0 Å². The molecule has 0 spiro atoms. The number of rotatable bonds is 7. The SMILES string of the molecule is Cc1ccc(CC[S@@](=O)[C@@H](C)c2ccc(OC(F)F)cc2)cc1. The predicted octanol–water partition coefficient (Wildman–Crippen LogP) is 4.65. The van der Waals surface area contributed by atoms with Crippen LogP contribution in [0.3, 0.4) is 0 Å². The Bertz CT molecular complexity index is 639. The van der Waals surface area contributed by atoms with Crippen LogP contribution < -0.4 is 4.74 Å². The maximum atomic E-state index is 12.4. The van der Waals surface area contributed by atoms with Gasteiger partial charge in [-0.15, -0.1) is 0 Å². The number of aryl methyl sites for hydroxylation is 2. The quantitative estimate of drug-likeness (QED) is 0.734. The van der Waals surface area contributed by atoms with Crippen LogP contribution in [0.4, 0.5) is 8.78 Å². The standard InChI is InChI=1S/C18H20F2O2S/c1-13-3-5-15(6-4-13)11-12-23(21)14(2)16-7-9-17(10-8-16)22-18(19)20/h3-10,14,18H,11-12H2,1-2H3/t14-,23+/m0/s1. The Morgan fingerprint density at radius 1 is 1.04 bits per heavy atom. The zero-order valence-electron chi connectivity index (χ0n) is 13.2. The van der Waals surface area contributed by atoms with Crippen molar-refractivity contribution in [2.24, 2.45) is 0 Å². The predicted molar refractivity (Wildman–Crippen MR) is 89.4 cm³/mol. The Kier molecular flexibility index (Phi) is 6.28. The maximum absolute atomic E-state index is 12.4. The Balaban J connectivity index is 1.92. The largest absolute Gasteiger partial charge is 0.435 e. The van der Waals surface area contributed by atoms with Gasteiger partial charge in [-0.3, -0.25) is 4.21 Å². The van der Waals surface area contributed by atoms with Gasteiger partial charge in [-0.2, -0.15) is 8.78 Å². The van der Waals surface area contributed by atoms with Gasteiger partial charge < -0.3 is 4.74 Å². The molecule has 2 rings (SSSR count). The highest BCUT2D eigenvalue weighted by molar-refractivity contribution is 7.85. The number of halogens is 2. The van der Waals surface area contributed by atoms with Crippen LogP contribution in [-0.4, -0.2) is 16.6 Å². The fraction of sp³-hybridized carbons (Fsp3) is 0.333. The zero-order valence-corrected chi connectivity index (χ0v) is 14.0. The van der Waals surface area contributed by atoms with Crippen LogP contribution in [0.5, 0.6) is 5.75 Å².